The minimum Gasteiger partial charge on any atom is -0.357 e. The SMILES string of the molecule is C[N+]1(CCNc2nn3ccccc3c2[N+](=O)[O-])CCCC1. The highest BCUT2D eigenvalue weighted by molar-refractivity contribution is 5.76. The van der Waals surface area contributed by atoms with Crippen molar-refractivity contribution in [3.8, 4) is 0 Å². The molecule has 0 atom stereocenters. The molecule has 3 heterocycles. The molecule has 0 bridgehead atoms. The van der Waals surface area contributed by atoms with E-state index >= 15 is 0 Å². The highest BCUT2D eigenvalue weighted by Crippen LogP contribution is 2.28. The monoisotopic (exact) mass is 290 g/mol. The number of likely N-dealkylation sites (N-methyl/N-ethyl adjacent to an activating group) is 1. The van der Waals surface area contributed by atoms with Crippen LogP contribution in [0.3, 0.4) is 0 Å². The first-order chi connectivity index (χ1) is 10.1. The fourth-order valence-corrected chi connectivity index (χ4v) is 3.05. The van der Waals surface area contributed by atoms with Crippen LogP contribution < -0.4 is 5.32 Å². The Hall–Kier alpha value is -2.15. The molecule has 1 saturated heterocycles. The van der Waals surface area contributed by atoms with Crippen LogP contribution in [0.2, 0.25) is 0 Å². The number of likely N-dealkylation sites (tertiary alicyclic amines) is 1. The average molecular weight is 290 g/mol. The van der Waals surface area contributed by atoms with E-state index in [9.17, 15) is 10.1 Å². The maximum Gasteiger partial charge on any atom is 0.338 e. The number of anilines is 1. The zero-order valence-electron chi connectivity index (χ0n) is 12.2. The predicted octanol–water partition coefficient (Wildman–Crippen LogP) is 1.89. The van der Waals surface area contributed by atoms with E-state index in [-0.39, 0.29) is 10.6 Å². The number of fused-ring (bicyclic) bond motifs is 1. The number of nitro groups is 1. The lowest BCUT2D eigenvalue weighted by atomic mass is 10.3. The topological polar surface area (TPSA) is 72.5 Å². The average Bonchev–Trinajstić information content (AvgIpc) is 3.02. The third-order valence-corrected chi connectivity index (χ3v) is 4.29. The molecule has 2 aromatic heterocycles. The van der Waals surface area contributed by atoms with Crippen molar-refractivity contribution < 1.29 is 9.41 Å². The summed E-state index contributed by atoms with van der Waals surface area (Å²) in [6.07, 6.45) is 4.26. The molecule has 1 fully saturated rings. The summed E-state index contributed by atoms with van der Waals surface area (Å²) in [5.74, 6) is 0.358. The molecule has 0 radical (unpaired) electrons. The Labute approximate surface area is 122 Å². The smallest absolute Gasteiger partial charge is 0.338 e. The van der Waals surface area contributed by atoms with Crippen LogP contribution in [0.1, 0.15) is 12.8 Å². The van der Waals surface area contributed by atoms with Gasteiger partial charge in [-0.25, -0.2) is 4.52 Å². The van der Waals surface area contributed by atoms with Gasteiger partial charge in [0.05, 0.1) is 38.2 Å². The van der Waals surface area contributed by atoms with Crippen molar-refractivity contribution in [2.75, 3.05) is 38.5 Å². The standard InChI is InChI=1S/C14H20N5O2/c1-19(9-4-5-10-19)11-7-15-14-13(18(20)21)12-6-2-3-8-17(12)16-14/h2-3,6,8H,4-5,7,9-11H2,1H3,(H,15,16)/q+1. The molecule has 1 aliphatic rings. The molecule has 112 valence electrons. The van der Waals surface area contributed by atoms with E-state index in [1.54, 1.807) is 22.8 Å². The second kappa shape index (κ2) is 5.33. The van der Waals surface area contributed by atoms with Crippen molar-refractivity contribution in [3.05, 3.63) is 34.5 Å². The number of quaternary nitrogens is 1. The number of aromatic nitrogens is 2. The second-order valence-electron chi connectivity index (χ2n) is 5.91. The Morgan fingerprint density at radius 1 is 1.43 bits per heavy atom. The van der Waals surface area contributed by atoms with Crippen LogP contribution in [-0.4, -0.2) is 52.2 Å². The lowest BCUT2D eigenvalue weighted by Gasteiger charge is -2.28. The normalized spacial score (nSPS) is 17.2. The molecule has 7 heteroatoms. The van der Waals surface area contributed by atoms with Gasteiger partial charge in [-0.3, -0.25) is 10.1 Å². The van der Waals surface area contributed by atoms with Gasteiger partial charge < -0.3 is 9.80 Å². The Balaban J connectivity index is 1.77. The lowest BCUT2D eigenvalue weighted by Crippen LogP contribution is -2.44. The van der Waals surface area contributed by atoms with Gasteiger partial charge in [0.15, 0.2) is 0 Å². The van der Waals surface area contributed by atoms with Gasteiger partial charge in [0.25, 0.3) is 0 Å². The van der Waals surface area contributed by atoms with Gasteiger partial charge in [0.1, 0.15) is 5.52 Å². The Morgan fingerprint density at radius 3 is 2.90 bits per heavy atom. The summed E-state index contributed by atoms with van der Waals surface area (Å²) in [6.45, 7) is 4.04. The minimum atomic E-state index is -0.364. The zero-order valence-corrected chi connectivity index (χ0v) is 12.2. The van der Waals surface area contributed by atoms with Gasteiger partial charge in [-0.15, -0.1) is 5.10 Å². The summed E-state index contributed by atoms with van der Waals surface area (Å²) in [5, 5.41) is 18.7. The summed E-state index contributed by atoms with van der Waals surface area (Å²) in [4.78, 5) is 10.9. The molecule has 2 aromatic rings. The summed E-state index contributed by atoms with van der Waals surface area (Å²) in [7, 11) is 2.24. The van der Waals surface area contributed by atoms with Crippen molar-refractivity contribution in [2.24, 2.45) is 0 Å². The van der Waals surface area contributed by atoms with E-state index in [1.807, 2.05) is 6.07 Å². The lowest BCUT2D eigenvalue weighted by molar-refractivity contribution is -0.895. The number of rotatable bonds is 5. The van der Waals surface area contributed by atoms with Crippen LogP contribution in [0.25, 0.3) is 5.52 Å². The molecule has 0 saturated carbocycles. The molecule has 1 N–H and O–H groups in total. The molecule has 0 amide bonds. The summed E-state index contributed by atoms with van der Waals surface area (Å²) in [6, 6.07) is 5.30. The van der Waals surface area contributed by atoms with Gasteiger partial charge in [-0.1, -0.05) is 6.07 Å². The number of hydrogen-bond donors (Lipinski definition) is 1. The molecule has 21 heavy (non-hydrogen) atoms. The zero-order chi connectivity index (χ0) is 14.9. The first-order valence-corrected chi connectivity index (χ1v) is 7.28. The molecule has 3 rings (SSSR count). The first-order valence-electron chi connectivity index (χ1n) is 7.28. The van der Waals surface area contributed by atoms with E-state index in [2.05, 4.69) is 17.5 Å². The van der Waals surface area contributed by atoms with Crippen molar-refractivity contribution in [1.29, 1.82) is 0 Å². The Bertz CT molecular complexity index is 660. The number of pyridine rings is 1. The molecule has 0 spiro atoms. The molecular weight excluding hydrogens is 270 g/mol. The van der Waals surface area contributed by atoms with E-state index in [4.69, 9.17) is 0 Å². The third kappa shape index (κ3) is 2.69. The van der Waals surface area contributed by atoms with Crippen LogP contribution >= 0.6 is 0 Å². The van der Waals surface area contributed by atoms with Crippen molar-refractivity contribution in [3.63, 3.8) is 0 Å². The largest absolute Gasteiger partial charge is 0.357 e. The number of nitrogens with one attached hydrogen (secondary N) is 1. The maximum atomic E-state index is 11.3. The van der Waals surface area contributed by atoms with Crippen LogP contribution in [-0.2, 0) is 0 Å². The molecule has 0 unspecified atom stereocenters. The van der Waals surface area contributed by atoms with Gasteiger partial charge in [-0.2, -0.15) is 0 Å². The quantitative estimate of drug-likeness (QED) is 0.518. The fourth-order valence-electron chi connectivity index (χ4n) is 3.05. The van der Waals surface area contributed by atoms with E-state index in [1.165, 1.54) is 25.9 Å². The minimum absolute atomic E-state index is 0.0553. The van der Waals surface area contributed by atoms with E-state index in [0.29, 0.717) is 17.9 Å². The highest BCUT2D eigenvalue weighted by Gasteiger charge is 2.27. The van der Waals surface area contributed by atoms with Crippen LogP contribution in [0.5, 0.6) is 0 Å². The second-order valence-corrected chi connectivity index (χ2v) is 5.91. The van der Waals surface area contributed by atoms with Crippen LogP contribution in [0.15, 0.2) is 24.4 Å². The van der Waals surface area contributed by atoms with E-state index in [0.717, 1.165) is 11.0 Å². The summed E-state index contributed by atoms with van der Waals surface area (Å²) >= 11 is 0. The molecular formula is C14H20N5O2+. The third-order valence-electron chi connectivity index (χ3n) is 4.29. The maximum absolute atomic E-state index is 11.3. The van der Waals surface area contributed by atoms with Crippen molar-refractivity contribution in [1.82, 2.24) is 9.61 Å². The summed E-state index contributed by atoms with van der Waals surface area (Å²) < 4.78 is 2.58. The van der Waals surface area contributed by atoms with Gasteiger partial charge in [0, 0.05) is 19.0 Å². The van der Waals surface area contributed by atoms with Crippen molar-refractivity contribution in [2.45, 2.75) is 12.8 Å². The van der Waals surface area contributed by atoms with Gasteiger partial charge in [-0.05, 0) is 12.1 Å². The van der Waals surface area contributed by atoms with Gasteiger partial charge in [0.2, 0.25) is 5.82 Å². The highest BCUT2D eigenvalue weighted by atomic mass is 16.6. The number of nitrogens with zero attached hydrogens (tertiary/aromatic N) is 4. The van der Waals surface area contributed by atoms with Gasteiger partial charge >= 0.3 is 5.69 Å². The predicted molar refractivity (Wildman–Crippen MR) is 80.4 cm³/mol. The Morgan fingerprint density at radius 2 is 2.19 bits per heavy atom. The Kier molecular flexibility index (Phi) is 3.50. The van der Waals surface area contributed by atoms with Crippen molar-refractivity contribution >= 4 is 17.0 Å². The molecule has 7 nitrogen and oxygen atoms in total. The van der Waals surface area contributed by atoms with Crippen LogP contribution in [0.4, 0.5) is 11.5 Å². The van der Waals surface area contributed by atoms with Crippen LogP contribution in [0, 0.1) is 10.1 Å². The molecule has 1 aliphatic heterocycles. The molecule has 0 aromatic carbocycles. The summed E-state index contributed by atoms with van der Waals surface area (Å²) in [5.41, 5.74) is 0.575. The fraction of sp³-hybridized carbons (Fsp3) is 0.500. The number of hydrogen-bond acceptors (Lipinski definition) is 4. The molecule has 0 aliphatic carbocycles. The van der Waals surface area contributed by atoms with E-state index < -0.39 is 0 Å². The first kappa shape index (κ1) is 13.8.